The molecule has 7 rings (SSSR count). The molecule has 6 bridgehead atoms. The van der Waals surface area contributed by atoms with Gasteiger partial charge in [0.25, 0.3) is 0 Å². The number of benzene rings is 1. The summed E-state index contributed by atoms with van der Waals surface area (Å²) in [6, 6.07) is 4.54. The van der Waals surface area contributed by atoms with Gasteiger partial charge in [-0.2, -0.15) is 0 Å². The molecule has 0 heterocycles. The van der Waals surface area contributed by atoms with Gasteiger partial charge in [0, 0.05) is 0 Å². The van der Waals surface area contributed by atoms with Gasteiger partial charge < -0.3 is 4.55 Å². The highest BCUT2D eigenvalue weighted by Gasteiger charge is 2.55. The van der Waals surface area contributed by atoms with Crippen LogP contribution in [-0.2, 0) is 26.4 Å². The van der Waals surface area contributed by atoms with Gasteiger partial charge in [0.15, 0.2) is 0 Å². The summed E-state index contributed by atoms with van der Waals surface area (Å²) in [5.74, 6) is 3.94. The van der Waals surface area contributed by atoms with Crippen molar-refractivity contribution in [2.75, 3.05) is 0 Å². The van der Waals surface area contributed by atoms with Crippen molar-refractivity contribution < 1.29 is 13.0 Å². The molecular formula is C30H41O3S-. The molecule has 0 saturated heterocycles. The van der Waals surface area contributed by atoms with Gasteiger partial charge in [0.05, 0.1) is 4.90 Å². The molecule has 9 atom stereocenters. The highest BCUT2D eigenvalue weighted by molar-refractivity contribution is 7.85. The maximum Gasteiger partial charge on any atom is 0.125 e. The monoisotopic (exact) mass is 481 g/mol. The van der Waals surface area contributed by atoms with Crippen LogP contribution in [0.25, 0.3) is 0 Å². The Hall–Kier alpha value is -0.870. The van der Waals surface area contributed by atoms with Crippen LogP contribution in [0.4, 0.5) is 0 Å². The van der Waals surface area contributed by atoms with Crippen molar-refractivity contribution in [1.29, 1.82) is 0 Å². The lowest BCUT2D eigenvalue weighted by Gasteiger charge is -2.44. The first-order valence-electron chi connectivity index (χ1n) is 14.2. The Morgan fingerprint density at radius 3 is 1.35 bits per heavy atom. The number of hydrogen-bond donors (Lipinski definition) is 0. The van der Waals surface area contributed by atoms with Crippen molar-refractivity contribution in [2.24, 2.45) is 35.5 Å². The summed E-state index contributed by atoms with van der Waals surface area (Å²) in [5, 5.41) is 0. The van der Waals surface area contributed by atoms with Crippen molar-refractivity contribution >= 4 is 10.1 Å². The van der Waals surface area contributed by atoms with Crippen LogP contribution >= 0.6 is 0 Å². The van der Waals surface area contributed by atoms with E-state index in [1.165, 1.54) is 69.8 Å². The van der Waals surface area contributed by atoms with Crippen LogP contribution in [0.15, 0.2) is 17.0 Å². The Morgan fingerprint density at radius 1 is 0.676 bits per heavy atom. The second-order valence-electron chi connectivity index (χ2n) is 14.3. The standard InChI is InChI=1S/C30H42O3S/c1-28(15-18-4-7-21(28)10-18)24-13-25(29(2)16-19-5-8-22(29)11-19)27(34(31,32)33)26(14-24)30(3)17-20-6-9-23(30)12-20/h13-14,18-23H,4-12,15-17H2,1-3H3,(H,31,32,33)/p-1. The summed E-state index contributed by atoms with van der Waals surface area (Å²) in [7, 11) is -4.57. The number of fused-ring (bicyclic) bond motifs is 6. The minimum atomic E-state index is -4.57. The zero-order valence-electron chi connectivity index (χ0n) is 21.2. The Morgan fingerprint density at radius 2 is 1.06 bits per heavy atom. The molecule has 3 nitrogen and oxygen atoms in total. The molecule has 186 valence electrons. The first-order valence-corrected chi connectivity index (χ1v) is 15.6. The second-order valence-corrected chi connectivity index (χ2v) is 15.7. The largest absolute Gasteiger partial charge is 0.744 e. The van der Waals surface area contributed by atoms with E-state index in [2.05, 4.69) is 32.9 Å². The van der Waals surface area contributed by atoms with Crippen molar-refractivity contribution in [1.82, 2.24) is 0 Å². The Labute approximate surface area is 206 Å². The zero-order valence-corrected chi connectivity index (χ0v) is 22.1. The van der Waals surface area contributed by atoms with E-state index in [4.69, 9.17) is 0 Å². The van der Waals surface area contributed by atoms with Gasteiger partial charge in [0.2, 0.25) is 0 Å². The van der Waals surface area contributed by atoms with Gasteiger partial charge in [-0.25, -0.2) is 8.42 Å². The quantitative estimate of drug-likeness (QED) is 0.443. The molecule has 0 spiro atoms. The van der Waals surface area contributed by atoms with Crippen molar-refractivity contribution in [3.8, 4) is 0 Å². The minimum absolute atomic E-state index is 0.125. The van der Waals surface area contributed by atoms with E-state index >= 15 is 0 Å². The topological polar surface area (TPSA) is 57.2 Å². The molecule has 6 aliphatic carbocycles. The van der Waals surface area contributed by atoms with Crippen LogP contribution < -0.4 is 0 Å². The summed E-state index contributed by atoms with van der Waals surface area (Å²) in [4.78, 5) is 0.216. The van der Waals surface area contributed by atoms with Crippen LogP contribution in [0.1, 0.15) is 115 Å². The van der Waals surface area contributed by atoms with Gasteiger partial charge >= 0.3 is 0 Å². The molecule has 0 aliphatic heterocycles. The smallest absolute Gasteiger partial charge is 0.125 e. The maximum atomic E-state index is 13.2. The third-order valence-corrected chi connectivity index (χ3v) is 13.6. The van der Waals surface area contributed by atoms with Gasteiger partial charge in [-0.15, -0.1) is 0 Å². The van der Waals surface area contributed by atoms with Crippen molar-refractivity contribution in [2.45, 2.75) is 119 Å². The van der Waals surface area contributed by atoms with Crippen molar-refractivity contribution in [3.63, 3.8) is 0 Å². The molecule has 0 aromatic heterocycles. The fourth-order valence-corrected chi connectivity index (χ4v) is 12.0. The summed E-state index contributed by atoms with van der Waals surface area (Å²) < 4.78 is 39.5. The molecule has 1 aromatic carbocycles. The zero-order chi connectivity index (χ0) is 23.7. The van der Waals surface area contributed by atoms with E-state index in [-0.39, 0.29) is 21.1 Å². The maximum absolute atomic E-state index is 13.2. The molecule has 0 amide bonds. The average molecular weight is 482 g/mol. The molecular weight excluding hydrogens is 440 g/mol. The van der Waals surface area contributed by atoms with Gasteiger partial charge in [-0.3, -0.25) is 0 Å². The summed E-state index contributed by atoms with van der Waals surface area (Å²) >= 11 is 0. The van der Waals surface area contributed by atoms with Crippen LogP contribution in [0.3, 0.4) is 0 Å². The molecule has 0 N–H and O–H groups in total. The van der Waals surface area contributed by atoms with Crippen molar-refractivity contribution in [3.05, 3.63) is 28.8 Å². The highest BCUT2D eigenvalue weighted by Crippen LogP contribution is 2.63. The third kappa shape index (κ3) is 2.88. The van der Waals surface area contributed by atoms with E-state index in [1.807, 2.05) is 0 Å². The van der Waals surface area contributed by atoms with Crippen LogP contribution in [0, 0.1) is 35.5 Å². The molecule has 9 unspecified atom stereocenters. The highest BCUT2D eigenvalue weighted by atomic mass is 32.2. The van der Waals surface area contributed by atoms with E-state index in [9.17, 15) is 13.0 Å². The molecule has 0 radical (unpaired) electrons. The summed E-state index contributed by atoms with van der Waals surface area (Å²) in [6.07, 6.45) is 14.6. The average Bonchev–Trinajstić information content (AvgIpc) is 3.59. The molecule has 34 heavy (non-hydrogen) atoms. The van der Waals surface area contributed by atoms with E-state index in [1.54, 1.807) is 0 Å². The van der Waals surface area contributed by atoms with Crippen LogP contribution in [0.5, 0.6) is 0 Å². The molecule has 6 fully saturated rings. The van der Waals surface area contributed by atoms with E-state index in [0.717, 1.165) is 29.9 Å². The molecule has 6 aliphatic rings. The fourth-order valence-electron chi connectivity index (χ4n) is 10.9. The van der Waals surface area contributed by atoms with Gasteiger partial charge in [-0.1, -0.05) is 52.2 Å². The van der Waals surface area contributed by atoms with Gasteiger partial charge in [0.1, 0.15) is 10.1 Å². The van der Waals surface area contributed by atoms with Gasteiger partial charge in [-0.05, 0) is 126 Å². The Kier molecular flexibility index (Phi) is 4.54. The first kappa shape index (κ1) is 22.3. The third-order valence-electron chi connectivity index (χ3n) is 12.7. The minimum Gasteiger partial charge on any atom is -0.744 e. The predicted molar refractivity (Wildman–Crippen MR) is 133 cm³/mol. The molecule has 1 aromatic rings. The van der Waals surface area contributed by atoms with E-state index in [0.29, 0.717) is 29.6 Å². The number of hydrogen-bond acceptors (Lipinski definition) is 3. The summed E-state index contributed by atoms with van der Waals surface area (Å²) in [6.45, 7) is 7.07. The lowest BCUT2D eigenvalue weighted by molar-refractivity contribution is 0.265. The van der Waals surface area contributed by atoms with E-state index < -0.39 is 10.1 Å². The first-order chi connectivity index (χ1) is 16.0. The lowest BCUT2D eigenvalue weighted by Crippen LogP contribution is -2.37. The molecule has 4 heteroatoms. The SMILES string of the molecule is CC1(c2cc(C3(C)CC4CCC3C4)c(S(=O)(=O)[O-])c(C3(C)CC4CCC3C4)c2)CC2CCC1C2. The number of rotatable bonds is 4. The van der Waals surface area contributed by atoms with Crippen LogP contribution in [0.2, 0.25) is 0 Å². The summed E-state index contributed by atoms with van der Waals surface area (Å²) in [5.41, 5.74) is 2.99. The second kappa shape index (κ2) is 6.91. The fraction of sp³-hybridized carbons (Fsp3) is 0.800. The molecule has 6 saturated carbocycles. The normalized spacial score (nSPS) is 48.9. The predicted octanol–water partition coefficient (Wildman–Crippen LogP) is 6.82. The Bertz CT molecular complexity index is 1100. The Balaban J connectivity index is 1.49. The lowest BCUT2D eigenvalue weighted by atomic mass is 9.62. The van der Waals surface area contributed by atoms with Crippen LogP contribution in [-0.4, -0.2) is 13.0 Å².